The predicted octanol–water partition coefficient (Wildman–Crippen LogP) is 1.68. The molecule has 1 aliphatic heterocycles. The summed E-state index contributed by atoms with van der Waals surface area (Å²) in [7, 11) is 1.83. The average molecular weight is 254 g/mol. The number of aliphatic imine (C=N–C) groups is 1. The Morgan fingerprint density at radius 3 is 2.50 bits per heavy atom. The second-order valence-electron chi connectivity index (χ2n) is 5.46. The molecule has 1 heterocycles. The van der Waals surface area contributed by atoms with Gasteiger partial charge >= 0.3 is 0 Å². The van der Waals surface area contributed by atoms with Gasteiger partial charge in [-0.1, -0.05) is 6.92 Å². The Bertz CT molecular complexity index is 242. The molecule has 1 rings (SSSR count). The summed E-state index contributed by atoms with van der Waals surface area (Å²) < 4.78 is 0. The molecule has 0 aliphatic carbocycles. The zero-order valence-electron chi connectivity index (χ0n) is 12.5. The van der Waals surface area contributed by atoms with Gasteiger partial charge in [-0.05, 0) is 58.7 Å². The maximum atomic E-state index is 4.22. The number of likely N-dealkylation sites (tertiary alicyclic amines) is 1. The van der Waals surface area contributed by atoms with Crippen LogP contribution >= 0.6 is 0 Å². The Morgan fingerprint density at radius 1 is 1.33 bits per heavy atom. The number of rotatable bonds is 5. The molecule has 0 aromatic carbocycles. The zero-order chi connectivity index (χ0) is 13.4. The van der Waals surface area contributed by atoms with Crippen LogP contribution in [0, 0.1) is 5.92 Å². The number of nitrogens with one attached hydrogen (secondary N) is 2. The summed E-state index contributed by atoms with van der Waals surface area (Å²) in [5.74, 6) is 1.81. The Hall–Kier alpha value is -0.770. The van der Waals surface area contributed by atoms with Crippen molar-refractivity contribution in [3.8, 4) is 0 Å². The molecule has 1 aliphatic rings. The summed E-state index contributed by atoms with van der Waals surface area (Å²) in [5, 5.41) is 6.71. The molecule has 0 radical (unpaired) electrons. The molecule has 1 saturated heterocycles. The van der Waals surface area contributed by atoms with Gasteiger partial charge in [0.2, 0.25) is 0 Å². The highest BCUT2D eigenvalue weighted by Crippen LogP contribution is 2.19. The van der Waals surface area contributed by atoms with E-state index < -0.39 is 0 Å². The van der Waals surface area contributed by atoms with Gasteiger partial charge in [0, 0.05) is 19.6 Å². The Labute approximate surface area is 112 Å². The zero-order valence-corrected chi connectivity index (χ0v) is 12.5. The van der Waals surface area contributed by atoms with Crippen molar-refractivity contribution in [3.63, 3.8) is 0 Å². The molecule has 4 nitrogen and oxygen atoms in total. The van der Waals surface area contributed by atoms with Crippen molar-refractivity contribution >= 4 is 5.96 Å². The Kier molecular flexibility index (Phi) is 7.09. The normalized spacial score (nSPS) is 19.3. The Morgan fingerprint density at radius 2 is 2.00 bits per heavy atom. The van der Waals surface area contributed by atoms with E-state index in [1.165, 1.54) is 38.9 Å². The lowest BCUT2D eigenvalue weighted by molar-refractivity contribution is 0.187. The van der Waals surface area contributed by atoms with E-state index in [9.17, 15) is 0 Å². The quantitative estimate of drug-likeness (QED) is 0.579. The SMILES string of the molecule is CCN1CCC(CCNC(=NC)NC(C)C)CC1. The molecule has 0 aromatic rings. The number of guanidine groups is 1. The molecular weight excluding hydrogens is 224 g/mol. The van der Waals surface area contributed by atoms with E-state index in [1.54, 1.807) is 0 Å². The highest BCUT2D eigenvalue weighted by molar-refractivity contribution is 5.79. The van der Waals surface area contributed by atoms with Crippen molar-refractivity contribution < 1.29 is 0 Å². The summed E-state index contributed by atoms with van der Waals surface area (Å²) in [5.41, 5.74) is 0. The summed E-state index contributed by atoms with van der Waals surface area (Å²) in [4.78, 5) is 6.77. The van der Waals surface area contributed by atoms with Crippen LogP contribution in [0.2, 0.25) is 0 Å². The van der Waals surface area contributed by atoms with Gasteiger partial charge in [0.1, 0.15) is 0 Å². The van der Waals surface area contributed by atoms with E-state index in [2.05, 4.69) is 41.3 Å². The fourth-order valence-electron chi connectivity index (χ4n) is 2.45. The van der Waals surface area contributed by atoms with E-state index in [0.29, 0.717) is 6.04 Å². The van der Waals surface area contributed by atoms with Crippen molar-refractivity contribution in [1.82, 2.24) is 15.5 Å². The highest BCUT2D eigenvalue weighted by Gasteiger charge is 2.17. The maximum absolute atomic E-state index is 4.22. The van der Waals surface area contributed by atoms with Crippen LogP contribution in [0.5, 0.6) is 0 Å². The summed E-state index contributed by atoms with van der Waals surface area (Å²) in [6, 6.07) is 0.434. The molecule has 106 valence electrons. The molecule has 0 unspecified atom stereocenters. The Balaban J connectivity index is 2.14. The summed E-state index contributed by atoms with van der Waals surface area (Å²) in [6.45, 7) is 11.3. The standard InChI is InChI=1S/C14H30N4/c1-5-18-10-7-13(8-11-18)6-9-16-14(15-4)17-12(2)3/h12-13H,5-11H2,1-4H3,(H2,15,16,17). The number of piperidine rings is 1. The largest absolute Gasteiger partial charge is 0.356 e. The predicted molar refractivity (Wildman–Crippen MR) is 79.1 cm³/mol. The van der Waals surface area contributed by atoms with E-state index in [-0.39, 0.29) is 0 Å². The first-order chi connectivity index (χ1) is 8.65. The molecule has 0 spiro atoms. The van der Waals surface area contributed by atoms with E-state index in [1.807, 2.05) is 7.05 Å². The van der Waals surface area contributed by atoms with Crippen molar-refractivity contribution in [2.75, 3.05) is 33.2 Å². The molecule has 18 heavy (non-hydrogen) atoms. The lowest BCUT2D eigenvalue weighted by Gasteiger charge is -2.31. The third-order valence-electron chi connectivity index (χ3n) is 3.65. The third-order valence-corrected chi connectivity index (χ3v) is 3.65. The molecular formula is C14H30N4. The lowest BCUT2D eigenvalue weighted by Crippen LogP contribution is -2.42. The van der Waals surface area contributed by atoms with Crippen LogP contribution in [-0.2, 0) is 0 Å². The van der Waals surface area contributed by atoms with Crippen molar-refractivity contribution in [2.45, 2.75) is 46.1 Å². The fourth-order valence-corrected chi connectivity index (χ4v) is 2.45. The topological polar surface area (TPSA) is 39.7 Å². The van der Waals surface area contributed by atoms with Gasteiger partial charge in [-0.2, -0.15) is 0 Å². The number of nitrogens with zero attached hydrogens (tertiary/aromatic N) is 2. The molecule has 1 fully saturated rings. The van der Waals surface area contributed by atoms with Gasteiger partial charge in [-0.3, -0.25) is 4.99 Å². The van der Waals surface area contributed by atoms with Gasteiger partial charge < -0.3 is 15.5 Å². The first-order valence-corrected chi connectivity index (χ1v) is 7.35. The lowest BCUT2D eigenvalue weighted by atomic mass is 9.93. The van der Waals surface area contributed by atoms with E-state index >= 15 is 0 Å². The molecule has 2 N–H and O–H groups in total. The van der Waals surface area contributed by atoms with Gasteiger partial charge in [-0.25, -0.2) is 0 Å². The third kappa shape index (κ3) is 5.71. The monoisotopic (exact) mass is 254 g/mol. The molecule has 0 aromatic heterocycles. The summed E-state index contributed by atoms with van der Waals surface area (Å²) >= 11 is 0. The molecule has 0 atom stereocenters. The maximum Gasteiger partial charge on any atom is 0.191 e. The molecule has 0 bridgehead atoms. The van der Waals surface area contributed by atoms with Crippen LogP contribution in [0.4, 0.5) is 0 Å². The van der Waals surface area contributed by atoms with Gasteiger partial charge in [0.25, 0.3) is 0 Å². The van der Waals surface area contributed by atoms with E-state index in [0.717, 1.165) is 18.4 Å². The fraction of sp³-hybridized carbons (Fsp3) is 0.929. The van der Waals surface area contributed by atoms with Crippen LogP contribution in [0.3, 0.4) is 0 Å². The van der Waals surface area contributed by atoms with Crippen LogP contribution < -0.4 is 10.6 Å². The molecule has 0 saturated carbocycles. The second kappa shape index (κ2) is 8.35. The molecule has 0 amide bonds. The smallest absolute Gasteiger partial charge is 0.191 e. The molecule has 4 heteroatoms. The minimum Gasteiger partial charge on any atom is -0.356 e. The van der Waals surface area contributed by atoms with Crippen LogP contribution in [0.1, 0.15) is 40.0 Å². The van der Waals surface area contributed by atoms with Crippen LogP contribution in [0.15, 0.2) is 4.99 Å². The van der Waals surface area contributed by atoms with E-state index in [4.69, 9.17) is 0 Å². The average Bonchev–Trinajstić information content (AvgIpc) is 2.38. The van der Waals surface area contributed by atoms with Crippen molar-refractivity contribution in [3.05, 3.63) is 0 Å². The number of hydrogen-bond acceptors (Lipinski definition) is 2. The van der Waals surface area contributed by atoms with Gasteiger partial charge in [0.15, 0.2) is 5.96 Å². The van der Waals surface area contributed by atoms with Crippen LogP contribution in [-0.4, -0.2) is 50.1 Å². The van der Waals surface area contributed by atoms with Crippen LogP contribution in [0.25, 0.3) is 0 Å². The highest BCUT2D eigenvalue weighted by atomic mass is 15.2. The second-order valence-corrected chi connectivity index (χ2v) is 5.46. The first-order valence-electron chi connectivity index (χ1n) is 7.35. The summed E-state index contributed by atoms with van der Waals surface area (Å²) in [6.07, 6.45) is 3.97. The minimum absolute atomic E-state index is 0.434. The first kappa shape index (κ1) is 15.3. The van der Waals surface area contributed by atoms with Crippen molar-refractivity contribution in [2.24, 2.45) is 10.9 Å². The van der Waals surface area contributed by atoms with Gasteiger partial charge in [-0.15, -0.1) is 0 Å². The number of hydrogen-bond donors (Lipinski definition) is 2. The van der Waals surface area contributed by atoms with Crippen molar-refractivity contribution in [1.29, 1.82) is 0 Å². The van der Waals surface area contributed by atoms with Gasteiger partial charge in [0.05, 0.1) is 0 Å². The minimum atomic E-state index is 0.434.